The van der Waals surface area contributed by atoms with Crippen LogP contribution in [-0.2, 0) is 7.05 Å². The largest absolute Gasteiger partial charge is 0.370 e. The van der Waals surface area contributed by atoms with Crippen LogP contribution < -0.4 is 22.1 Å². The Balaban J connectivity index is 1.65. The molecule has 0 fully saturated rings. The normalized spacial score (nSPS) is 10.8. The van der Waals surface area contributed by atoms with Crippen LogP contribution in [0.2, 0.25) is 0 Å². The van der Waals surface area contributed by atoms with Gasteiger partial charge in [-0.3, -0.25) is 10.8 Å². The number of anilines is 2. The van der Waals surface area contributed by atoms with E-state index in [4.69, 9.17) is 27.3 Å². The number of aromatic nitrogens is 2. The zero-order valence-corrected chi connectivity index (χ0v) is 16.5. The van der Waals surface area contributed by atoms with Crippen molar-refractivity contribution in [3.05, 3.63) is 54.6 Å². The van der Waals surface area contributed by atoms with Crippen LogP contribution >= 0.6 is 11.3 Å². The molecular weight excluding hydrogens is 384 g/mol. The molecule has 146 valence electrons. The fourth-order valence-electron chi connectivity index (χ4n) is 3.13. The maximum atomic E-state index is 7.39. The van der Waals surface area contributed by atoms with Gasteiger partial charge in [0.25, 0.3) is 0 Å². The number of hydrogen-bond acceptors (Lipinski definition) is 4. The van der Waals surface area contributed by atoms with Crippen LogP contribution in [0.25, 0.3) is 32.2 Å². The second-order valence-electron chi connectivity index (χ2n) is 6.52. The van der Waals surface area contributed by atoms with E-state index in [1.165, 1.54) is 0 Å². The van der Waals surface area contributed by atoms with Crippen molar-refractivity contribution in [2.24, 2.45) is 18.5 Å². The third kappa shape index (κ3) is 3.76. The van der Waals surface area contributed by atoms with Crippen LogP contribution in [0.1, 0.15) is 0 Å². The van der Waals surface area contributed by atoms with Crippen molar-refractivity contribution in [2.75, 3.05) is 10.6 Å². The number of rotatable bonds is 4. The van der Waals surface area contributed by atoms with Crippen molar-refractivity contribution in [3.63, 3.8) is 0 Å². The summed E-state index contributed by atoms with van der Waals surface area (Å²) in [6.07, 6.45) is 0. The first-order chi connectivity index (χ1) is 13.9. The maximum Gasteiger partial charge on any atom is 0.190 e. The number of nitrogens with two attached hydrogens (primary N) is 2. The average molecular weight is 405 g/mol. The number of thiophene rings is 1. The minimum absolute atomic E-state index is 0.0836. The molecule has 4 rings (SSSR count). The highest BCUT2D eigenvalue weighted by Gasteiger charge is 2.13. The van der Waals surface area contributed by atoms with Gasteiger partial charge in [-0.2, -0.15) is 0 Å². The van der Waals surface area contributed by atoms with Gasteiger partial charge in [0.05, 0.1) is 15.9 Å². The molecule has 0 amide bonds. The minimum Gasteiger partial charge on any atom is -0.370 e. The summed E-state index contributed by atoms with van der Waals surface area (Å²) in [5.41, 5.74) is 15.3. The SMILES string of the molecule is Cn1c(-c2ccc(-c3ccc(NC(=N)N)cc3)s2)nc2ccc(NC(=N)N)cc21. The Kier molecular flexibility index (Phi) is 4.65. The summed E-state index contributed by atoms with van der Waals surface area (Å²) in [7, 11) is 1.98. The highest BCUT2D eigenvalue weighted by atomic mass is 32.1. The Labute approximate surface area is 171 Å². The number of fused-ring (bicyclic) bond motifs is 1. The van der Waals surface area contributed by atoms with Crippen molar-refractivity contribution < 1.29 is 0 Å². The van der Waals surface area contributed by atoms with Crippen molar-refractivity contribution in [3.8, 4) is 21.1 Å². The molecule has 8 nitrogen and oxygen atoms in total. The van der Waals surface area contributed by atoms with E-state index in [1.54, 1.807) is 11.3 Å². The summed E-state index contributed by atoms with van der Waals surface area (Å²) in [6, 6.07) is 17.6. The first kappa shape index (κ1) is 18.5. The monoisotopic (exact) mass is 404 g/mol. The molecular formula is C20H20N8S. The molecule has 0 saturated carbocycles. The van der Waals surface area contributed by atoms with E-state index < -0.39 is 0 Å². The molecule has 0 spiro atoms. The Morgan fingerprint density at radius 1 is 0.897 bits per heavy atom. The molecule has 9 heteroatoms. The fourth-order valence-corrected chi connectivity index (χ4v) is 4.17. The van der Waals surface area contributed by atoms with Gasteiger partial charge in [0, 0.05) is 23.3 Å². The van der Waals surface area contributed by atoms with Gasteiger partial charge < -0.3 is 26.7 Å². The molecule has 0 radical (unpaired) electrons. The zero-order valence-electron chi connectivity index (χ0n) is 15.7. The smallest absolute Gasteiger partial charge is 0.190 e. The van der Waals surface area contributed by atoms with E-state index in [1.807, 2.05) is 54.1 Å². The van der Waals surface area contributed by atoms with Gasteiger partial charge in [0.2, 0.25) is 0 Å². The van der Waals surface area contributed by atoms with Crippen LogP contribution in [0.5, 0.6) is 0 Å². The van der Waals surface area contributed by atoms with Gasteiger partial charge in [-0.1, -0.05) is 12.1 Å². The van der Waals surface area contributed by atoms with Crippen molar-refractivity contribution in [1.29, 1.82) is 10.8 Å². The summed E-state index contributed by atoms with van der Waals surface area (Å²) in [5.74, 6) is 0.699. The van der Waals surface area contributed by atoms with E-state index in [-0.39, 0.29) is 11.9 Å². The summed E-state index contributed by atoms with van der Waals surface area (Å²) in [4.78, 5) is 6.96. The molecule has 0 aliphatic rings. The van der Waals surface area contributed by atoms with Gasteiger partial charge in [0.1, 0.15) is 0 Å². The van der Waals surface area contributed by atoms with Gasteiger partial charge >= 0.3 is 0 Å². The second-order valence-corrected chi connectivity index (χ2v) is 7.60. The van der Waals surface area contributed by atoms with E-state index in [9.17, 15) is 0 Å². The predicted molar refractivity (Wildman–Crippen MR) is 121 cm³/mol. The lowest BCUT2D eigenvalue weighted by Gasteiger charge is -2.05. The first-order valence-corrected chi connectivity index (χ1v) is 9.61. The van der Waals surface area contributed by atoms with E-state index in [0.29, 0.717) is 0 Å². The fraction of sp³-hybridized carbons (Fsp3) is 0.0500. The van der Waals surface area contributed by atoms with Gasteiger partial charge in [0.15, 0.2) is 17.7 Å². The van der Waals surface area contributed by atoms with Crippen molar-refractivity contribution in [2.45, 2.75) is 0 Å². The lowest BCUT2D eigenvalue weighted by atomic mass is 10.2. The van der Waals surface area contributed by atoms with E-state index in [2.05, 4.69) is 22.8 Å². The van der Waals surface area contributed by atoms with E-state index in [0.717, 1.165) is 43.6 Å². The van der Waals surface area contributed by atoms with Crippen molar-refractivity contribution >= 4 is 45.7 Å². The van der Waals surface area contributed by atoms with Crippen LogP contribution in [-0.4, -0.2) is 21.5 Å². The van der Waals surface area contributed by atoms with Gasteiger partial charge in [-0.15, -0.1) is 11.3 Å². The number of nitrogens with one attached hydrogen (secondary N) is 4. The lowest BCUT2D eigenvalue weighted by molar-refractivity contribution is 0.963. The number of guanidine groups is 2. The Bertz CT molecular complexity index is 1220. The Morgan fingerprint density at radius 2 is 1.52 bits per heavy atom. The zero-order chi connectivity index (χ0) is 20.5. The minimum atomic E-state index is -0.0980. The standard InChI is InChI=1S/C20H20N8S/c1-28-15-10-13(26-20(23)24)6-7-14(15)27-18(28)17-9-8-16(29-17)11-2-4-12(5-3-11)25-19(21)22/h2-10H,1H3,(H4,21,22,25)(H4,23,24,26). The lowest BCUT2D eigenvalue weighted by Crippen LogP contribution is -2.20. The van der Waals surface area contributed by atoms with Gasteiger partial charge in [-0.25, -0.2) is 4.98 Å². The summed E-state index contributed by atoms with van der Waals surface area (Å²) in [6.45, 7) is 0. The Morgan fingerprint density at radius 3 is 2.21 bits per heavy atom. The number of imidazole rings is 1. The van der Waals surface area contributed by atoms with Crippen LogP contribution in [0, 0.1) is 10.8 Å². The molecule has 2 aromatic heterocycles. The van der Waals surface area contributed by atoms with Crippen LogP contribution in [0.4, 0.5) is 11.4 Å². The molecule has 0 unspecified atom stereocenters. The second kappa shape index (κ2) is 7.28. The predicted octanol–water partition coefficient (Wildman–Crippen LogP) is 3.58. The van der Waals surface area contributed by atoms with E-state index >= 15 is 0 Å². The molecule has 29 heavy (non-hydrogen) atoms. The first-order valence-electron chi connectivity index (χ1n) is 8.80. The molecule has 0 aliphatic carbocycles. The molecule has 2 heterocycles. The molecule has 2 aromatic carbocycles. The third-order valence-corrected chi connectivity index (χ3v) is 5.56. The highest BCUT2D eigenvalue weighted by Crippen LogP contribution is 2.35. The van der Waals surface area contributed by atoms with Crippen molar-refractivity contribution in [1.82, 2.24) is 9.55 Å². The maximum absolute atomic E-state index is 7.39. The summed E-state index contributed by atoms with van der Waals surface area (Å²) < 4.78 is 2.04. The number of aryl methyl sites for hydroxylation is 1. The highest BCUT2D eigenvalue weighted by molar-refractivity contribution is 7.18. The summed E-state index contributed by atoms with van der Waals surface area (Å²) in [5, 5.41) is 20.3. The van der Waals surface area contributed by atoms with Gasteiger partial charge in [-0.05, 0) is 48.0 Å². The molecule has 0 aliphatic heterocycles. The third-order valence-electron chi connectivity index (χ3n) is 4.43. The van der Waals surface area contributed by atoms with Crippen LogP contribution in [0.15, 0.2) is 54.6 Å². The molecule has 4 aromatic rings. The number of benzene rings is 2. The quantitative estimate of drug-likeness (QED) is 0.228. The molecule has 0 saturated heterocycles. The van der Waals surface area contributed by atoms with Crippen LogP contribution in [0.3, 0.4) is 0 Å². The molecule has 8 N–H and O–H groups in total. The topological polar surface area (TPSA) is 142 Å². The summed E-state index contributed by atoms with van der Waals surface area (Å²) >= 11 is 1.66. The average Bonchev–Trinajstić information content (AvgIpc) is 3.27. The molecule has 0 bridgehead atoms. The molecule has 0 atom stereocenters. The Hall–Kier alpha value is -3.85. The number of hydrogen-bond donors (Lipinski definition) is 6. The number of nitrogens with zero attached hydrogens (tertiary/aromatic N) is 2.